The van der Waals surface area contributed by atoms with E-state index in [2.05, 4.69) is 27.7 Å². The normalized spacial score (nSPS) is 44.6. The summed E-state index contributed by atoms with van der Waals surface area (Å²) in [5.74, 6) is 2.04. The van der Waals surface area contributed by atoms with Gasteiger partial charge in [0.25, 0.3) is 0 Å². The van der Waals surface area contributed by atoms with Gasteiger partial charge in [0, 0.05) is 11.8 Å². The van der Waals surface area contributed by atoms with E-state index in [1.54, 1.807) is 0 Å². The number of carbonyl (C=O) groups is 1. The van der Waals surface area contributed by atoms with Crippen LogP contribution in [-0.4, -0.2) is 5.78 Å². The number of ketones is 1. The Hall–Kier alpha value is -0.330. The summed E-state index contributed by atoms with van der Waals surface area (Å²) in [5.41, 5.74) is 0.284. The van der Waals surface area contributed by atoms with Crippen LogP contribution in [0.25, 0.3) is 0 Å². The lowest BCUT2D eigenvalue weighted by atomic mass is 9.48. The molecule has 0 bridgehead atoms. The van der Waals surface area contributed by atoms with Crippen LogP contribution in [0.4, 0.5) is 0 Å². The minimum atomic E-state index is -0.0154. The third kappa shape index (κ3) is 1.63. The minimum Gasteiger partial charge on any atom is -0.299 e. The average Bonchev–Trinajstić information content (AvgIpc) is 2.20. The van der Waals surface area contributed by atoms with E-state index in [9.17, 15) is 4.79 Å². The Morgan fingerprint density at radius 1 is 1.25 bits per heavy atom. The summed E-state index contributed by atoms with van der Waals surface area (Å²) in [5, 5.41) is 0. The van der Waals surface area contributed by atoms with Crippen molar-refractivity contribution in [2.45, 2.75) is 66.2 Å². The van der Waals surface area contributed by atoms with Crippen LogP contribution in [0.1, 0.15) is 66.2 Å². The summed E-state index contributed by atoms with van der Waals surface area (Å²) in [7, 11) is 0. The van der Waals surface area contributed by atoms with Gasteiger partial charge >= 0.3 is 0 Å². The van der Waals surface area contributed by atoms with Gasteiger partial charge in [-0.15, -0.1) is 0 Å². The second-order valence-electron chi connectivity index (χ2n) is 6.92. The fraction of sp³-hybridized carbons (Fsp3) is 0.933. The van der Waals surface area contributed by atoms with Crippen LogP contribution in [0.5, 0.6) is 0 Å². The van der Waals surface area contributed by atoms with Gasteiger partial charge in [-0.25, -0.2) is 0 Å². The van der Waals surface area contributed by atoms with Crippen molar-refractivity contribution in [3.8, 4) is 0 Å². The molecule has 2 aliphatic rings. The van der Waals surface area contributed by atoms with Crippen LogP contribution in [0, 0.1) is 22.7 Å². The fourth-order valence-corrected chi connectivity index (χ4v) is 3.99. The molecule has 0 aromatic carbocycles. The molecule has 0 unspecified atom stereocenters. The second-order valence-corrected chi connectivity index (χ2v) is 6.92. The molecular formula is C15H26O. The summed E-state index contributed by atoms with van der Waals surface area (Å²) in [4.78, 5) is 12.3. The molecule has 2 aliphatic carbocycles. The SMILES string of the molecule is CC(C)[C@@H]1CC[C@]2(C)CCCC(=O)[C@]2(C)C1. The summed E-state index contributed by atoms with van der Waals surface area (Å²) >= 11 is 0. The van der Waals surface area contributed by atoms with Crippen LogP contribution < -0.4 is 0 Å². The molecular weight excluding hydrogens is 196 g/mol. The van der Waals surface area contributed by atoms with E-state index in [-0.39, 0.29) is 5.41 Å². The second kappa shape index (κ2) is 3.85. The number of Topliss-reactive ketones (excluding diaryl/α,β-unsaturated/α-hetero) is 1. The van der Waals surface area contributed by atoms with Crippen LogP contribution in [0.15, 0.2) is 0 Å². The zero-order chi connectivity index (χ0) is 12.0. The van der Waals surface area contributed by atoms with Crippen molar-refractivity contribution in [2.24, 2.45) is 22.7 Å². The van der Waals surface area contributed by atoms with E-state index in [1.165, 1.54) is 19.3 Å². The molecule has 0 spiro atoms. The molecule has 0 aliphatic heterocycles. The largest absolute Gasteiger partial charge is 0.299 e. The number of fused-ring (bicyclic) bond motifs is 1. The first-order valence-electron chi connectivity index (χ1n) is 6.92. The van der Waals surface area contributed by atoms with Crippen LogP contribution in [0.2, 0.25) is 0 Å². The number of carbonyl (C=O) groups excluding carboxylic acids is 1. The highest BCUT2D eigenvalue weighted by Crippen LogP contribution is 2.59. The Morgan fingerprint density at radius 3 is 2.56 bits per heavy atom. The van der Waals surface area contributed by atoms with Gasteiger partial charge in [-0.1, -0.05) is 27.7 Å². The molecule has 2 fully saturated rings. The molecule has 0 N–H and O–H groups in total. The topological polar surface area (TPSA) is 17.1 Å². The van der Waals surface area contributed by atoms with Gasteiger partial charge in [0.05, 0.1) is 0 Å². The molecule has 0 aromatic rings. The van der Waals surface area contributed by atoms with Gasteiger partial charge < -0.3 is 0 Å². The van der Waals surface area contributed by atoms with Crippen molar-refractivity contribution in [2.75, 3.05) is 0 Å². The van der Waals surface area contributed by atoms with Gasteiger partial charge in [0.1, 0.15) is 5.78 Å². The monoisotopic (exact) mass is 222 g/mol. The van der Waals surface area contributed by atoms with Gasteiger partial charge in [0.15, 0.2) is 0 Å². The Kier molecular flexibility index (Phi) is 2.92. The highest BCUT2D eigenvalue weighted by Gasteiger charge is 2.54. The van der Waals surface area contributed by atoms with E-state index in [1.807, 2.05) is 0 Å². The molecule has 2 saturated carbocycles. The maximum Gasteiger partial charge on any atom is 0.139 e. The molecule has 16 heavy (non-hydrogen) atoms. The highest BCUT2D eigenvalue weighted by molar-refractivity contribution is 5.86. The average molecular weight is 222 g/mol. The molecule has 3 atom stereocenters. The van der Waals surface area contributed by atoms with E-state index < -0.39 is 0 Å². The predicted octanol–water partition coefficient (Wildman–Crippen LogP) is 4.21. The van der Waals surface area contributed by atoms with Crippen molar-refractivity contribution in [1.29, 1.82) is 0 Å². The molecule has 1 heteroatoms. The Balaban J connectivity index is 2.26. The lowest BCUT2D eigenvalue weighted by Gasteiger charge is -2.55. The Bertz CT molecular complexity index is 294. The van der Waals surface area contributed by atoms with Crippen LogP contribution in [-0.2, 0) is 4.79 Å². The molecule has 0 heterocycles. The molecule has 1 nitrogen and oxygen atoms in total. The summed E-state index contributed by atoms with van der Waals surface area (Å²) in [6.07, 6.45) is 6.95. The van der Waals surface area contributed by atoms with Crippen molar-refractivity contribution < 1.29 is 4.79 Å². The molecule has 92 valence electrons. The summed E-state index contributed by atoms with van der Waals surface area (Å²) in [6.45, 7) is 9.23. The maximum atomic E-state index is 12.3. The quantitative estimate of drug-likeness (QED) is 0.649. The fourth-order valence-electron chi connectivity index (χ4n) is 3.99. The first-order chi connectivity index (χ1) is 7.39. The molecule has 0 aromatic heterocycles. The summed E-state index contributed by atoms with van der Waals surface area (Å²) < 4.78 is 0. The van der Waals surface area contributed by atoms with Gasteiger partial charge in [-0.05, 0) is 49.4 Å². The van der Waals surface area contributed by atoms with Crippen LogP contribution >= 0.6 is 0 Å². The predicted molar refractivity (Wildman–Crippen MR) is 67.3 cm³/mol. The van der Waals surface area contributed by atoms with Crippen LogP contribution in [0.3, 0.4) is 0 Å². The lowest BCUT2D eigenvalue weighted by molar-refractivity contribution is -0.148. The lowest BCUT2D eigenvalue weighted by Crippen LogP contribution is -2.51. The third-order valence-corrected chi connectivity index (χ3v) is 5.76. The molecule has 0 saturated heterocycles. The van der Waals surface area contributed by atoms with E-state index in [4.69, 9.17) is 0 Å². The highest BCUT2D eigenvalue weighted by atomic mass is 16.1. The van der Waals surface area contributed by atoms with Crippen molar-refractivity contribution >= 4 is 5.78 Å². The third-order valence-electron chi connectivity index (χ3n) is 5.76. The van der Waals surface area contributed by atoms with Crippen molar-refractivity contribution in [3.63, 3.8) is 0 Å². The first kappa shape index (κ1) is 12.1. The smallest absolute Gasteiger partial charge is 0.139 e. The molecule has 2 rings (SSSR count). The first-order valence-corrected chi connectivity index (χ1v) is 6.92. The number of hydrogen-bond acceptors (Lipinski definition) is 1. The van der Waals surface area contributed by atoms with E-state index >= 15 is 0 Å². The van der Waals surface area contributed by atoms with Crippen molar-refractivity contribution in [1.82, 2.24) is 0 Å². The summed E-state index contributed by atoms with van der Waals surface area (Å²) in [6, 6.07) is 0. The Morgan fingerprint density at radius 2 is 1.94 bits per heavy atom. The number of rotatable bonds is 1. The van der Waals surface area contributed by atoms with Gasteiger partial charge in [-0.2, -0.15) is 0 Å². The van der Waals surface area contributed by atoms with E-state index in [0.717, 1.165) is 31.1 Å². The molecule has 0 radical (unpaired) electrons. The maximum absolute atomic E-state index is 12.3. The zero-order valence-electron chi connectivity index (χ0n) is 11.3. The number of hydrogen-bond donors (Lipinski definition) is 0. The minimum absolute atomic E-state index is 0.0154. The van der Waals surface area contributed by atoms with E-state index in [0.29, 0.717) is 11.2 Å². The van der Waals surface area contributed by atoms with Gasteiger partial charge in [0.2, 0.25) is 0 Å². The van der Waals surface area contributed by atoms with Crippen molar-refractivity contribution in [3.05, 3.63) is 0 Å². The standard InChI is InChI=1S/C15H26O/c1-11(2)12-7-9-14(3)8-5-6-13(16)15(14,4)10-12/h11-12H,5-10H2,1-4H3/t12-,14+,15+/m1/s1. The molecule has 0 amide bonds. The Labute approximate surface area is 100.0 Å². The zero-order valence-corrected chi connectivity index (χ0v) is 11.3. The van der Waals surface area contributed by atoms with Gasteiger partial charge in [-0.3, -0.25) is 4.79 Å².